The molecule has 0 aliphatic carbocycles. The van der Waals surface area contributed by atoms with Crippen LogP contribution in [0, 0.1) is 0 Å². The third-order valence-corrected chi connectivity index (χ3v) is 2.76. The van der Waals surface area contributed by atoms with Crippen LogP contribution in [0.2, 0.25) is 5.02 Å². The number of anilines is 1. The van der Waals surface area contributed by atoms with Crippen LogP contribution in [0.25, 0.3) is 0 Å². The minimum Gasteiger partial charge on any atom is -0.506 e. The number of hydrogen-bond acceptors (Lipinski definition) is 4. The van der Waals surface area contributed by atoms with Crippen molar-refractivity contribution in [3.63, 3.8) is 0 Å². The first-order chi connectivity index (χ1) is 8.97. The highest BCUT2D eigenvalue weighted by Crippen LogP contribution is 2.28. The summed E-state index contributed by atoms with van der Waals surface area (Å²) < 4.78 is 0. The van der Waals surface area contributed by atoms with Crippen molar-refractivity contribution in [2.24, 2.45) is 0 Å². The summed E-state index contributed by atoms with van der Waals surface area (Å²) in [6, 6.07) is 7.99. The number of phenols is 3. The maximum absolute atomic E-state index is 11.9. The van der Waals surface area contributed by atoms with Crippen LogP contribution in [0.15, 0.2) is 36.4 Å². The van der Waals surface area contributed by atoms with E-state index in [2.05, 4.69) is 5.32 Å². The molecule has 0 aliphatic heterocycles. The van der Waals surface area contributed by atoms with Gasteiger partial charge in [-0.25, -0.2) is 0 Å². The van der Waals surface area contributed by atoms with E-state index in [-0.39, 0.29) is 27.8 Å². The van der Waals surface area contributed by atoms with Crippen molar-refractivity contribution in [2.75, 3.05) is 5.32 Å². The lowest BCUT2D eigenvalue weighted by Gasteiger charge is -2.07. The molecular formula is C13H10ClNO4. The maximum atomic E-state index is 11.9. The van der Waals surface area contributed by atoms with Gasteiger partial charge < -0.3 is 20.6 Å². The van der Waals surface area contributed by atoms with E-state index in [9.17, 15) is 15.0 Å². The van der Waals surface area contributed by atoms with E-state index >= 15 is 0 Å². The number of amides is 1. The standard InChI is InChI=1S/C13H10ClNO4/c14-9-3-2-8(6-11(9)17)15-13(19)7-1-4-10(16)12(18)5-7/h1-6,16-18H,(H,15,19). The summed E-state index contributed by atoms with van der Waals surface area (Å²) in [6.07, 6.45) is 0. The Hall–Kier alpha value is -2.40. The lowest BCUT2D eigenvalue weighted by molar-refractivity contribution is 0.102. The molecule has 0 aliphatic rings. The van der Waals surface area contributed by atoms with Gasteiger partial charge >= 0.3 is 0 Å². The minimum atomic E-state index is -0.489. The summed E-state index contributed by atoms with van der Waals surface area (Å²) in [6.45, 7) is 0. The van der Waals surface area contributed by atoms with Gasteiger partial charge in [-0.05, 0) is 30.3 Å². The second kappa shape index (κ2) is 5.07. The topological polar surface area (TPSA) is 89.8 Å². The third kappa shape index (κ3) is 2.89. The second-order valence-corrected chi connectivity index (χ2v) is 4.23. The van der Waals surface area contributed by atoms with Gasteiger partial charge in [0.05, 0.1) is 5.02 Å². The number of phenolic OH excluding ortho intramolecular Hbond substituents is 3. The van der Waals surface area contributed by atoms with E-state index in [4.69, 9.17) is 16.7 Å². The third-order valence-electron chi connectivity index (χ3n) is 2.44. The average Bonchev–Trinajstić information content (AvgIpc) is 2.37. The highest BCUT2D eigenvalue weighted by molar-refractivity contribution is 6.32. The van der Waals surface area contributed by atoms with Gasteiger partial charge in [-0.3, -0.25) is 4.79 Å². The molecule has 0 bridgehead atoms. The average molecular weight is 280 g/mol. The van der Waals surface area contributed by atoms with E-state index in [1.807, 2.05) is 0 Å². The number of aromatic hydroxyl groups is 3. The molecule has 0 aromatic heterocycles. The first-order valence-electron chi connectivity index (χ1n) is 5.29. The molecule has 0 radical (unpaired) electrons. The fourth-order valence-corrected chi connectivity index (χ4v) is 1.58. The number of carbonyl (C=O) groups is 1. The predicted molar refractivity (Wildman–Crippen MR) is 70.8 cm³/mol. The number of nitrogens with one attached hydrogen (secondary N) is 1. The molecule has 0 unspecified atom stereocenters. The molecule has 0 saturated carbocycles. The first-order valence-corrected chi connectivity index (χ1v) is 5.67. The van der Waals surface area contributed by atoms with Gasteiger partial charge in [0.25, 0.3) is 5.91 Å². The SMILES string of the molecule is O=C(Nc1ccc(Cl)c(O)c1)c1ccc(O)c(O)c1. The molecule has 5 nitrogen and oxygen atoms in total. The Balaban J connectivity index is 2.20. The molecule has 1 amide bonds. The van der Waals surface area contributed by atoms with Crippen molar-refractivity contribution in [3.8, 4) is 17.2 Å². The van der Waals surface area contributed by atoms with Gasteiger partial charge in [0.15, 0.2) is 11.5 Å². The van der Waals surface area contributed by atoms with E-state index < -0.39 is 5.91 Å². The van der Waals surface area contributed by atoms with E-state index in [0.29, 0.717) is 5.69 Å². The molecule has 6 heteroatoms. The van der Waals surface area contributed by atoms with E-state index in [1.165, 1.54) is 30.3 Å². The van der Waals surface area contributed by atoms with Crippen LogP contribution in [0.4, 0.5) is 5.69 Å². The summed E-state index contributed by atoms with van der Waals surface area (Å²) >= 11 is 5.65. The van der Waals surface area contributed by atoms with Gasteiger partial charge in [-0.15, -0.1) is 0 Å². The van der Waals surface area contributed by atoms with Gasteiger partial charge in [0.1, 0.15) is 5.75 Å². The minimum absolute atomic E-state index is 0.145. The van der Waals surface area contributed by atoms with Crippen LogP contribution < -0.4 is 5.32 Å². The van der Waals surface area contributed by atoms with Crippen molar-refractivity contribution >= 4 is 23.2 Å². The first kappa shape index (κ1) is 13.0. The predicted octanol–water partition coefficient (Wildman–Crippen LogP) is 2.71. The summed E-state index contributed by atoms with van der Waals surface area (Å²) in [5.74, 6) is -1.32. The quantitative estimate of drug-likeness (QED) is 0.636. The van der Waals surface area contributed by atoms with Crippen LogP contribution in [-0.4, -0.2) is 21.2 Å². The number of halogens is 1. The molecule has 19 heavy (non-hydrogen) atoms. The molecule has 0 atom stereocenters. The normalized spacial score (nSPS) is 10.2. The summed E-state index contributed by atoms with van der Waals surface area (Å²) in [5.41, 5.74) is 0.532. The lowest BCUT2D eigenvalue weighted by Crippen LogP contribution is -2.11. The van der Waals surface area contributed by atoms with Crippen molar-refractivity contribution in [3.05, 3.63) is 47.0 Å². The van der Waals surface area contributed by atoms with Crippen LogP contribution in [-0.2, 0) is 0 Å². The molecule has 0 saturated heterocycles. The van der Waals surface area contributed by atoms with Crippen molar-refractivity contribution in [2.45, 2.75) is 0 Å². The Morgan fingerprint density at radius 1 is 0.947 bits per heavy atom. The number of hydrogen-bond donors (Lipinski definition) is 4. The largest absolute Gasteiger partial charge is 0.506 e. The number of carbonyl (C=O) groups excluding carboxylic acids is 1. The molecule has 2 aromatic carbocycles. The molecule has 0 heterocycles. The Kier molecular flexibility index (Phi) is 3.48. The fraction of sp³-hybridized carbons (Fsp3) is 0. The van der Waals surface area contributed by atoms with Crippen molar-refractivity contribution in [1.82, 2.24) is 0 Å². The molecular weight excluding hydrogens is 270 g/mol. The maximum Gasteiger partial charge on any atom is 0.255 e. The van der Waals surface area contributed by atoms with Gasteiger partial charge in [0, 0.05) is 17.3 Å². The molecule has 2 aromatic rings. The monoisotopic (exact) mass is 279 g/mol. The Morgan fingerprint density at radius 3 is 2.32 bits per heavy atom. The van der Waals surface area contributed by atoms with Gasteiger partial charge in [0.2, 0.25) is 0 Å². The highest BCUT2D eigenvalue weighted by Gasteiger charge is 2.10. The molecule has 2 rings (SSSR count). The lowest BCUT2D eigenvalue weighted by atomic mass is 10.2. The van der Waals surface area contributed by atoms with Gasteiger partial charge in [-0.2, -0.15) is 0 Å². The Bertz CT molecular complexity index is 643. The van der Waals surface area contributed by atoms with Crippen LogP contribution in [0.3, 0.4) is 0 Å². The Morgan fingerprint density at radius 2 is 1.68 bits per heavy atom. The van der Waals surface area contributed by atoms with E-state index in [1.54, 1.807) is 0 Å². The highest BCUT2D eigenvalue weighted by atomic mass is 35.5. The van der Waals surface area contributed by atoms with Crippen molar-refractivity contribution < 1.29 is 20.1 Å². The van der Waals surface area contributed by atoms with Crippen LogP contribution >= 0.6 is 11.6 Å². The van der Waals surface area contributed by atoms with Gasteiger partial charge in [-0.1, -0.05) is 11.6 Å². The number of benzene rings is 2. The van der Waals surface area contributed by atoms with Crippen molar-refractivity contribution in [1.29, 1.82) is 0 Å². The molecule has 98 valence electrons. The molecule has 0 spiro atoms. The van der Waals surface area contributed by atoms with E-state index in [0.717, 1.165) is 6.07 Å². The second-order valence-electron chi connectivity index (χ2n) is 3.82. The fourth-order valence-electron chi connectivity index (χ4n) is 1.46. The smallest absolute Gasteiger partial charge is 0.255 e. The number of rotatable bonds is 2. The summed E-state index contributed by atoms with van der Waals surface area (Å²) in [5, 5.41) is 30.6. The Labute approximate surface area is 113 Å². The zero-order chi connectivity index (χ0) is 14.0. The summed E-state index contributed by atoms with van der Waals surface area (Å²) in [4.78, 5) is 11.9. The zero-order valence-corrected chi connectivity index (χ0v) is 10.3. The molecule has 4 N–H and O–H groups in total. The zero-order valence-electron chi connectivity index (χ0n) is 9.59. The molecule has 0 fully saturated rings. The summed E-state index contributed by atoms with van der Waals surface area (Å²) in [7, 11) is 0. The van der Waals surface area contributed by atoms with Crippen LogP contribution in [0.5, 0.6) is 17.2 Å². The van der Waals surface area contributed by atoms with Crippen LogP contribution in [0.1, 0.15) is 10.4 Å².